The number of nitrogens with zero attached hydrogens (tertiary/aromatic N) is 4. The number of rotatable bonds is 7. The van der Waals surface area contributed by atoms with Gasteiger partial charge in [-0.15, -0.1) is 11.3 Å². The number of aromatic nitrogens is 3. The van der Waals surface area contributed by atoms with Gasteiger partial charge in [0.15, 0.2) is 5.13 Å². The van der Waals surface area contributed by atoms with Gasteiger partial charge in [0.25, 0.3) is 0 Å². The van der Waals surface area contributed by atoms with E-state index in [1.807, 2.05) is 24.9 Å². The lowest BCUT2D eigenvalue weighted by molar-refractivity contribution is 0.122. The van der Waals surface area contributed by atoms with Crippen LogP contribution in [0.3, 0.4) is 0 Å². The van der Waals surface area contributed by atoms with Gasteiger partial charge >= 0.3 is 0 Å². The second kappa shape index (κ2) is 7.71. The predicted octanol–water partition coefficient (Wildman–Crippen LogP) is 1.60. The fourth-order valence-corrected chi connectivity index (χ4v) is 3.47. The molecule has 1 fully saturated rings. The number of ether oxygens (including phenoxy) is 1. The van der Waals surface area contributed by atoms with Crippen LogP contribution < -0.4 is 10.2 Å². The van der Waals surface area contributed by atoms with E-state index in [0.29, 0.717) is 5.92 Å². The maximum atomic E-state index is 5.38. The van der Waals surface area contributed by atoms with Crippen molar-refractivity contribution in [3.8, 4) is 0 Å². The second-order valence-electron chi connectivity index (χ2n) is 5.70. The average molecular weight is 321 g/mol. The van der Waals surface area contributed by atoms with Gasteiger partial charge in [0.05, 0.1) is 19.5 Å². The van der Waals surface area contributed by atoms with Gasteiger partial charge in [-0.05, 0) is 12.5 Å². The van der Waals surface area contributed by atoms with Gasteiger partial charge in [0.2, 0.25) is 0 Å². The molecule has 1 saturated heterocycles. The van der Waals surface area contributed by atoms with Crippen LogP contribution in [0.5, 0.6) is 0 Å². The third kappa shape index (κ3) is 4.28. The summed E-state index contributed by atoms with van der Waals surface area (Å²) >= 11 is 1.78. The van der Waals surface area contributed by atoms with Crippen LogP contribution in [0.2, 0.25) is 0 Å². The number of imidazole rings is 1. The van der Waals surface area contributed by atoms with Crippen LogP contribution in [0.4, 0.5) is 5.13 Å². The molecule has 3 heterocycles. The van der Waals surface area contributed by atoms with E-state index in [9.17, 15) is 0 Å². The van der Waals surface area contributed by atoms with E-state index in [4.69, 9.17) is 4.74 Å². The molecule has 0 saturated carbocycles. The van der Waals surface area contributed by atoms with Crippen molar-refractivity contribution in [3.05, 3.63) is 29.8 Å². The van der Waals surface area contributed by atoms with E-state index in [-0.39, 0.29) is 0 Å². The topological polar surface area (TPSA) is 55.2 Å². The first kappa shape index (κ1) is 15.5. The van der Waals surface area contributed by atoms with Crippen LogP contribution in [-0.2, 0) is 17.8 Å². The van der Waals surface area contributed by atoms with E-state index in [1.165, 1.54) is 4.88 Å². The summed E-state index contributed by atoms with van der Waals surface area (Å²) in [5.41, 5.74) is 0. The lowest BCUT2D eigenvalue weighted by Crippen LogP contribution is -2.36. The molecule has 7 heteroatoms. The number of anilines is 1. The molecule has 2 aromatic heterocycles. The Morgan fingerprint density at radius 2 is 2.27 bits per heavy atom. The summed E-state index contributed by atoms with van der Waals surface area (Å²) in [5.74, 6) is 0.570. The molecule has 0 spiro atoms. The first-order valence-electron chi connectivity index (χ1n) is 7.75. The molecule has 6 nitrogen and oxygen atoms in total. The first-order valence-corrected chi connectivity index (χ1v) is 8.57. The first-order chi connectivity index (χ1) is 10.8. The zero-order valence-corrected chi connectivity index (χ0v) is 13.8. The summed E-state index contributed by atoms with van der Waals surface area (Å²) < 4.78 is 7.50. The number of morpholine rings is 1. The lowest BCUT2D eigenvalue weighted by atomic mass is 10.2. The Morgan fingerprint density at radius 1 is 1.41 bits per heavy atom. The highest BCUT2D eigenvalue weighted by molar-refractivity contribution is 7.15. The average Bonchev–Trinajstić information content (AvgIpc) is 3.20. The highest BCUT2D eigenvalue weighted by atomic mass is 32.1. The van der Waals surface area contributed by atoms with E-state index < -0.39 is 0 Å². The van der Waals surface area contributed by atoms with Crippen LogP contribution in [0.1, 0.15) is 11.8 Å². The summed E-state index contributed by atoms with van der Waals surface area (Å²) in [6, 6.07) is 0. The summed E-state index contributed by atoms with van der Waals surface area (Å²) in [6.07, 6.45) is 7.69. The normalized spacial score (nSPS) is 16.9. The molecule has 2 aromatic rings. The van der Waals surface area contributed by atoms with Crippen molar-refractivity contribution in [2.45, 2.75) is 20.0 Å². The van der Waals surface area contributed by atoms with E-state index in [1.54, 1.807) is 11.3 Å². The predicted molar refractivity (Wildman–Crippen MR) is 88.2 cm³/mol. The summed E-state index contributed by atoms with van der Waals surface area (Å²) in [5, 5.41) is 4.64. The largest absolute Gasteiger partial charge is 0.378 e. The maximum absolute atomic E-state index is 5.38. The van der Waals surface area contributed by atoms with Crippen LogP contribution in [0.15, 0.2) is 24.9 Å². The smallest absolute Gasteiger partial charge is 0.185 e. The van der Waals surface area contributed by atoms with Gasteiger partial charge < -0.3 is 19.5 Å². The molecule has 0 amide bonds. The van der Waals surface area contributed by atoms with Gasteiger partial charge in [-0.25, -0.2) is 9.97 Å². The fraction of sp³-hybridized carbons (Fsp3) is 0.600. The van der Waals surface area contributed by atoms with E-state index in [0.717, 1.165) is 51.1 Å². The van der Waals surface area contributed by atoms with Crippen LogP contribution in [0.25, 0.3) is 0 Å². The van der Waals surface area contributed by atoms with Crippen molar-refractivity contribution in [2.75, 3.05) is 37.7 Å². The van der Waals surface area contributed by atoms with Crippen molar-refractivity contribution in [2.24, 2.45) is 5.92 Å². The number of hydrogen-bond donors (Lipinski definition) is 1. The molecule has 1 N–H and O–H groups in total. The quantitative estimate of drug-likeness (QED) is 0.839. The SMILES string of the molecule is CC(CNCc1cnc(N2CCOCC2)s1)Cn1ccnc1. The van der Waals surface area contributed by atoms with Gasteiger partial charge in [0.1, 0.15) is 0 Å². The molecule has 3 rings (SSSR count). The van der Waals surface area contributed by atoms with Gasteiger partial charge in [-0.1, -0.05) is 6.92 Å². The fourth-order valence-electron chi connectivity index (χ4n) is 2.54. The van der Waals surface area contributed by atoms with Crippen molar-refractivity contribution in [3.63, 3.8) is 0 Å². The number of nitrogens with one attached hydrogen (secondary N) is 1. The molecule has 1 aliphatic heterocycles. The van der Waals surface area contributed by atoms with Crippen molar-refractivity contribution in [1.82, 2.24) is 19.9 Å². The maximum Gasteiger partial charge on any atom is 0.185 e. The van der Waals surface area contributed by atoms with Crippen molar-refractivity contribution in [1.29, 1.82) is 0 Å². The van der Waals surface area contributed by atoms with Gasteiger partial charge in [-0.2, -0.15) is 0 Å². The number of thiazole rings is 1. The lowest BCUT2D eigenvalue weighted by Gasteiger charge is -2.25. The molecule has 0 bridgehead atoms. The second-order valence-corrected chi connectivity index (χ2v) is 6.80. The summed E-state index contributed by atoms with van der Waals surface area (Å²) in [4.78, 5) is 12.2. The monoisotopic (exact) mass is 321 g/mol. The molecule has 0 aliphatic carbocycles. The zero-order valence-electron chi connectivity index (χ0n) is 12.9. The third-order valence-corrected chi connectivity index (χ3v) is 4.75. The van der Waals surface area contributed by atoms with Crippen LogP contribution >= 0.6 is 11.3 Å². The highest BCUT2D eigenvalue weighted by Gasteiger charge is 2.14. The summed E-state index contributed by atoms with van der Waals surface area (Å²) in [6.45, 7) is 8.62. The molecule has 0 aromatic carbocycles. The molecule has 1 atom stereocenters. The molecule has 22 heavy (non-hydrogen) atoms. The van der Waals surface area contributed by atoms with E-state index >= 15 is 0 Å². The third-order valence-electron chi connectivity index (χ3n) is 3.70. The Morgan fingerprint density at radius 3 is 3.05 bits per heavy atom. The summed E-state index contributed by atoms with van der Waals surface area (Å²) in [7, 11) is 0. The van der Waals surface area contributed by atoms with E-state index in [2.05, 4.69) is 31.7 Å². The molecule has 120 valence electrons. The van der Waals surface area contributed by atoms with Crippen molar-refractivity contribution < 1.29 is 4.74 Å². The standard InChI is InChI=1S/C15H23N5OS/c1-13(11-19-3-2-16-12-19)8-17-9-14-10-18-15(22-14)20-4-6-21-7-5-20/h2-3,10,12-13,17H,4-9,11H2,1H3. The van der Waals surface area contributed by atoms with Gasteiger partial charge in [0, 0.05) is 49.6 Å². The van der Waals surface area contributed by atoms with Crippen LogP contribution in [-0.4, -0.2) is 47.4 Å². The van der Waals surface area contributed by atoms with Gasteiger partial charge in [-0.3, -0.25) is 0 Å². The minimum Gasteiger partial charge on any atom is -0.378 e. The Kier molecular flexibility index (Phi) is 5.42. The minimum absolute atomic E-state index is 0.570. The van der Waals surface area contributed by atoms with Crippen LogP contribution in [0, 0.1) is 5.92 Å². The highest BCUT2D eigenvalue weighted by Crippen LogP contribution is 2.23. The Labute approximate surface area is 135 Å². The zero-order chi connectivity index (χ0) is 15.2. The molecular formula is C15H23N5OS. The van der Waals surface area contributed by atoms with Crippen molar-refractivity contribution >= 4 is 16.5 Å². The molecule has 1 aliphatic rings. The molecular weight excluding hydrogens is 298 g/mol. The number of hydrogen-bond acceptors (Lipinski definition) is 6. The molecule has 1 unspecified atom stereocenters. The Balaban J connectivity index is 1.41. The Hall–Kier alpha value is -1.44. The molecule has 0 radical (unpaired) electrons. The Bertz CT molecular complexity index is 550. The minimum atomic E-state index is 0.570.